The van der Waals surface area contributed by atoms with Crippen LogP contribution in [0.1, 0.15) is 42.0 Å². The van der Waals surface area contributed by atoms with Crippen LogP contribution in [0.2, 0.25) is 0 Å². The van der Waals surface area contributed by atoms with Gasteiger partial charge < -0.3 is 5.32 Å². The van der Waals surface area contributed by atoms with Gasteiger partial charge in [-0.05, 0) is 56.9 Å². The van der Waals surface area contributed by atoms with E-state index in [1.807, 2.05) is 0 Å². The molecule has 0 spiro atoms. The summed E-state index contributed by atoms with van der Waals surface area (Å²) in [4.78, 5) is 0. The third-order valence-electron chi connectivity index (χ3n) is 3.89. The summed E-state index contributed by atoms with van der Waals surface area (Å²) < 4.78 is 0. The van der Waals surface area contributed by atoms with Gasteiger partial charge in [0.2, 0.25) is 0 Å². The molecule has 1 fully saturated rings. The molecular formula is C14H21N. The molecule has 0 aromatic heterocycles. The molecule has 1 atom stereocenters. The summed E-state index contributed by atoms with van der Waals surface area (Å²) in [5.74, 6) is 0.678. The van der Waals surface area contributed by atoms with Crippen molar-refractivity contribution in [3.05, 3.63) is 34.4 Å². The minimum absolute atomic E-state index is 0.270. The predicted octanol–water partition coefficient (Wildman–Crippen LogP) is 3.08. The molecule has 1 N–H and O–H groups in total. The highest BCUT2D eigenvalue weighted by atomic mass is 15.1. The molecular weight excluding hydrogens is 182 g/mol. The smallest absolute Gasteiger partial charge is 0.0206 e. The standard InChI is InChI=1S/C14H21N/c1-9-6-11(3)12(7-10(9)2)13-8-15-14(13,4)5/h6-7,13,15H,8H2,1-5H3. The van der Waals surface area contributed by atoms with E-state index in [2.05, 4.69) is 52.1 Å². The fourth-order valence-electron chi connectivity index (χ4n) is 2.47. The molecule has 2 rings (SSSR count). The van der Waals surface area contributed by atoms with Crippen molar-refractivity contribution in [2.45, 2.75) is 46.1 Å². The average molecular weight is 203 g/mol. The quantitative estimate of drug-likeness (QED) is 0.739. The van der Waals surface area contributed by atoms with E-state index < -0.39 is 0 Å². The number of hydrogen-bond donors (Lipinski definition) is 1. The number of hydrogen-bond acceptors (Lipinski definition) is 1. The molecule has 1 aromatic rings. The Morgan fingerprint density at radius 3 is 2.13 bits per heavy atom. The molecule has 15 heavy (non-hydrogen) atoms. The first-order valence-electron chi connectivity index (χ1n) is 5.74. The predicted molar refractivity (Wildman–Crippen MR) is 65.5 cm³/mol. The van der Waals surface area contributed by atoms with Crippen LogP contribution in [0.25, 0.3) is 0 Å². The lowest BCUT2D eigenvalue weighted by Crippen LogP contribution is -2.59. The zero-order valence-electron chi connectivity index (χ0n) is 10.4. The van der Waals surface area contributed by atoms with Crippen LogP contribution in [0.3, 0.4) is 0 Å². The van der Waals surface area contributed by atoms with Crippen molar-refractivity contribution in [1.29, 1.82) is 0 Å². The molecule has 0 amide bonds. The second-order valence-corrected chi connectivity index (χ2v) is 5.45. The van der Waals surface area contributed by atoms with Gasteiger partial charge in [-0.2, -0.15) is 0 Å². The monoisotopic (exact) mass is 203 g/mol. The van der Waals surface area contributed by atoms with Gasteiger partial charge in [-0.15, -0.1) is 0 Å². The van der Waals surface area contributed by atoms with E-state index >= 15 is 0 Å². The Labute approximate surface area is 92.9 Å². The molecule has 1 aromatic carbocycles. The maximum Gasteiger partial charge on any atom is 0.0206 e. The van der Waals surface area contributed by atoms with Crippen LogP contribution in [0.15, 0.2) is 12.1 Å². The average Bonchev–Trinajstić information content (AvgIpc) is 2.12. The Morgan fingerprint density at radius 2 is 1.67 bits per heavy atom. The summed E-state index contributed by atoms with van der Waals surface area (Å²) in [6, 6.07) is 4.69. The fraction of sp³-hybridized carbons (Fsp3) is 0.571. The summed E-state index contributed by atoms with van der Waals surface area (Å²) in [7, 11) is 0. The molecule has 1 unspecified atom stereocenters. The highest BCUT2D eigenvalue weighted by molar-refractivity contribution is 5.41. The molecule has 0 radical (unpaired) electrons. The molecule has 82 valence electrons. The number of aryl methyl sites for hydroxylation is 3. The lowest BCUT2D eigenvalue weighted by Gasteiger charge is -2.47. The van der Waals surface area contributed by atoms with Crippen LogP contribution >= 0.6 is 0 Å². The molecule has 0 saturated carbocycles. The largest absolute Gasteiger partial charge is 0.310 e. The Kier molecular flexibility index (Phi) is 2.38. The molecule has 1 aliphatic heterocycles. The Hall–Kier alpha value is -0.820. The summed E-state index contributed by atoms with van der Waals surface area (Å²) in [5, 5.41) is 3.49. The summed E-state index contributed by atoms with van der Waals surface area (Å²) in [6.45, 7) is 12.3. The first-order valence-corrected chi connectivity index (χ1v) is 5.74. The SMILES string of the molecule is Cc1cc(C)c(C2CNC2(C)C)cc1C. The summed E-state index contributed by atoms with van der Waals surface area (Å²) >= 11 is 0. The minimum Gasteiger partial charge on any atom is -0.310 e. The van der Waals surface area contributed by atoms with E-state index in [-0.39, 0.29) is 5.54 Å². The Bertz CT molecular complexity index is 391. The normalized spacial score (nSPS) is 23.7. The van der Waals surface area contributed by atoms with Crippen LogP contribution in [-0.4, -0.2) is 12.1 Å². The van der Waals surface area contributed by atoms with Gasteiger partial charge >= 0.3 is 0 Å². The number of rotatable bonds is 1. The van der Waals surface area contributed by atoms with Crippen molar-refractivity contribution in [2.24, 2.45) is 0 Å². The van der Waals surface area contributed by atoms with Gasteiger partial charge in [0.05, 0.1) is 0 Å². The van der Waals surface area contributed by atoms with Crippen molar-refractivity contribution < 1.29 is 0 Å². The molecule has 1 aliphatic rings. The third-order valence-corrected chi connectivity index (χ3v) is 3.89. The molecule has 1 nitrogen and oxygen atoms in total. The summed E-state index contributed by atoms with van der Waals surface area (Å²) in [6.07, 6.45) is 0. The maximum atomic E-state index is 3.49. The van der Waals surface area contributed by atoms with Crippen molar-refractivity contribution >= 4 is 0 Å². The molecule has 0 bridgehead atoms. The van der Waals surface area contributed by atoms with Crippen molar-refractivity contribution in [1.82, 2.24) is 5.32 Å². The number of nitrogens with one attached hydrogen (secondary N) is 1. The highest BCUT2D eigenvalue weighted by Gasteiger charge is 2.39. The number of benzene rings is 1. The molecule has 0 aliphatic carbocycles. The van der Waals surface area contributed by atoms with E-state index in [9.17, 15) is 0 Å². The van der Waals surface area contributed by atoms with Gasteiger partial charge in [-0.3, -0.25) is 0 Å². The van der Waals surface area contributed by atoms with Gasteiger partial charge in [0.25, 0.3) is 0 Å². The molecule has 1 heteroatoms. The van der Waals surface area contributed by atoms with Gasteiger partial charge in [0.15, 0.2) is 0 Å². The van der Waals surface area contributed by atoms with Crippen LogP contribution < -0.4 is 5.32 Å². The first kappa shape index (κ1) is 10.7. The molecule has 1 heterocycles. The lowest BCUT2D eigenvalue weighted by atomic mass is 9.73. The Balaban J connectivity index is 2.41. The van der Waals surface area contributed by atoms with Gasteiger partial charge in [0, 0.05) is 18.0 Å². The third kappa shape index (κ3) is 1.69. The molecule has 1 saturated heterocycles. The van der Waals surface area contributed by atoms with Crippen molar-refractivity contribution in [2.75, 3.05) is 6.54 Å². The fourth-order valence-corrected chi connectivity index (χ4v) is 2.47. The van der Waals surface area contributed by atoms with Gasteiger partial charge in [-0.25, -0.2) is 0 Å². The van der Waals surface area contributed by atoms with Crippen LogP contribution in [0.5, 0.6) is 0 Å². The zero-order chi connectivity index (χ0) is 11.2. The second kappa shape index (κ2) is 3.34. The Morgan fingerprint density at radius 1 is 1.07 bits per heavy atom. The van der Waals surface area contributed by atoms with Crippen LogP contribution in [0.4, 0.5) is 0 Å². The topological polar surface area (TPSA) is 12.0 Å². The van der Waals surface area contributed by atoms with Crippen LogP contribution in [0, 0.1) is 20.8 Å². The first-order chi connectivity index (χ1) is 6.92. The lowest BCUT2D eigenvalue weighted by molar-refractivity contribution is 0.207. The second-order valence-electron chi connectivity index (χ2n) is 5.45. The van der Waals surface area contributed by atoms with E-state index in [4.69, 9.17) is 0 Å². The zero-order valence-corrected chi connectivity index (χ0v) is 10.4. The van der Waals surface area contributed by atoms with E-state index in [0.717, 1.165) is 6.54 Å². The summed E-state index contributed by atoms with van der Waals surface area (Å²) in [5.41, 5.74) is 6.06. The van der Waals surface area contributed by atoms with Crippen molar-refractivity contribution in [3.63, 3.8) is 0 Å². The van der Waals surface area contributed by atoms with Crippen LogP contribution in [-0.2, 0) is 0 Å². The minimum atomic E-state index is 0.270. The van der Waals surface area contributed by atoms with Gasteiger partial charge in [0.1, 0.15) is 0 Å². The maximum absolute atomic E-state index is 3.49. The van der Waals surface area contributed by atoms with E-state index in [1.54, 1.807) is 0 Å². The highest BCUT2D eigenvalue weighted by Crippen LogP contribution is 2.37. The van der Waals surface area contributed by atoms with Gasteiger partial charge in [-0.1, -0.05) is 12.1 Å². The van der Waals surface area contributed by atoms with E-state index in [1.165, 1.54) is 22.3 Å². The van der Waals surface area contributed by atoms with Crippen molar-refractivity contribution in [3.8, 4) is 0 Å². The van der Waals surface area contributed by atoms with E-state index in [0.29, 0.717) is 5.92 Å².